The van der Waals surface area contributed by atoms with E-state index in [-0.39, 0.29) is 5.97 Å². The maximum Gasteiger partial charge on any atom is 0.316 e. The minimum atomic E-state index is -0.923. The fourth-order valence-corrected chi connectivity index (χ4v) is 1.80. The fourth-order valence-electron chi connectivity index (χ4n) is 1.80. The maximum absolute atomic E-state index is 13.1. The van der Waals surface area contributed by atoms with Crippen LogP contribution in [0.15, 0.2) is 18.2 Å². The third-order valence-corrected chi connectivity index (χ3v) is 2.89. The minimum Gasteiger partial charge on any atom is -0.465 e. The van der Waals surface area contributed by atoms with Gasteiger partial charge in [0.2, 0.25) is 0 Å². The van der Waals surface area contributed by atoms with E-state index in [4.69, 9.17) is 4.74 Å². The molecule has 2 nitrogen and oxygen atoms in total. The van der Waals surface area contributed by atoms with Gasteiger partial charge < -0.3 is 4.74 Å². The highest BCUT2D eigenvalue weighted by Gasteiger charge is 2.52. The summed E-state index contributed by atoms with van der Waals surface area (Å²) in [4.78, 5) is 11.7. The molecule has 1 fully saturated rings. The second-order valence-corrected chi connectivity index (χ2v) is 3.93. The van der Waals surface area contributed by atoms with E-state index in [1.807, 2.05) is 0 Å². The molecule has 1 aromatic carbocycles. The van der Waals surface area contributed by atoms with Crippen molar-refractivity contribution in [2.45, 2.75) is 25.2 Å². The molecule has 4 heteroatoms. The SMILES string of the molecule is CCOC(=O)C1(c2ccc(F)c(F)c2)CC1. The summed E-state index contributed by atoms with van der Waals surface area (Å²) in [5.41, 5.74) is -0.227. The molecule has 1 aromatic rings. The molecule has 1 aliphatic carbocycles. The molecule has 0 saturated heterocycles. The summed E-state index contributed by atoms with van der Waals surface area (Å²) < 4.78 is 30.8. The number of carbonyl (C=O) groups is 1. The van der Waals surface area contributed by atoms with E-state index in [0.29, 0.717) is 25.0 Å². The number of rotatable bonds is 3. The van der Waals surface area contributed by atoms with E-state index in [1.54, 1.807) is 6.92 Å². The van der Waals surface area contributed by atoms with Gasteiger partial charge in [-0.2, -0.15) is 0 Å². The average Bonchev–Trinajstić information content (AvgIpc) is 3.03. The van der Waals surface area contributed by atoms with E-state index >= 15 is 0 Å². The molecule has 0 spiro atoms. The van der Waals surface area contributed by atoms with Crippen LogP contribution in [0.2, 0.25) is 0 Å². The third kappa shape index (κ3) is 1.68. The predicted octanol–water partition coefficient (Wildman–Crippen LogP) is 2.56. The van der Waals surface area contributed by atoms with E-state index < -0.39 is 17.0 Å². The Balaban J connectivity index is 2.30. The highest BCUT2D eigenvalue weighted by atomic mass is 19.2. The monoisotopic (exact) mass is 226 g/mol. The Morgan fingerprint density at radius 2 is 2.06 bits per heavy atom. The van der Waals surface area contributed by atoms with E-state index in [2.05, 4.69) is 0 Å². The first-order valence-electron chi connectivity index (χ1n) is 5.23. The van der Waals surface area contributed by atoms with Gasteiger partial charge in [0.15, 0.2) is 11.6 Å². The number of benzene rings is 1. The molecule has 0 N–H and O–H groups in total. The fraction of sp³-hybridized carbons (Fsp3) is 0.417. The maximum atomic E-state index is 13.1. The predicted molar refractivity (Wildman–Crippen MR) is 53.9 cm³/mol. The molecule has 0 unspecified atom stereocenters. The highest BCUT2D eigenvalue weighted by molar-refractivity contribution is 5.86. The van der Waals surface area contributed by atoms with Crippen LogP contribution in [-0.4, -0.2) is 12.6 Å². The molecule has 0 heterocycles. The van der Waals surface area contributed by atoms with Crippen LogP contribution in [0.4, 0.5) is 8.78 Å². The zero-order valence-corrected chi connectivity index (χ0v) is 8.93. The number of carbonyl (C=O) groups excluding carboxylic acids is 1. The van der Waals surface area contributed by atoms with Gasteiger partial charge in [0.1, 0.15) is 0 Å². The second kappa shape index (κ2) is 3.85. The molecule has 0 aromatic heterocycles. The molecule has 2 rings (SSSR count). The van der Waals surface area contributed by atoms with Crippen LogP contribution in [0.1, 0.15) is 25.3 Å². The van der Waals surface area contributed by atoms with Crippen molar-refractivity contribution in [1.29, 1.82) is 0 Å². The van der Waals surface area contributed by atoms with Crippen LogP contribution in [-0.2, 0) is 14.9 Å². The van der Waals surface area contributed by atoms with Crippen molar-refractivity contribution < 1.29 is 18.3 Å². The molecule has 0 radical (unpaired) electrons. The first-order chi connectivity index (χ1) is 7.60. The van der Waals surface area contributed by atoms with E-state index in [1.165, 1.54) is 6.07 Å². The Labute approximate surface area is 92.2 Å². The van der Waals surface area contributed by atoms with Crippen LogP contribution >= 0.6 is 0 Å². The van der Waals surface area contributed by atoms with Gasteiger partial charge in [0.05, 0.1) is 12.0 Å². The van der Waals surface area contributed by atoms with Crippen LogP contribution in [0.5, 0.6) is 0 Å². The lowest BCUT2D eigenvalue weighted by atomic mass is 9.96. The Morgan fingerprint density at radius 3 is 2.56 bits per heavy atom. The van der Waals surface area contributed by atoms with Gasteiger partial charge >= 0.3 is 5.97 Å². The summed E-state index contributed by atoms with van der Waals surface area (Å²) >= 11 is 0. The molecule has 0 amide bonds. The number of ether oxygens (including phenoxy) is 1. The summed E-state index contributed by atoms with van der Waals surface area (Å²) in [5.74, 6) is -2.17. The summed E-state index contributed by atoms with van der Waals surface area (Å²) in [7, 11) is 0. The zero-order chi connectivity index (χ0) is 11.8. The van der Waals surface area contributed by atoms with Crippen LogP contribution in [0.3, 0.4) is 0 Å². The van der Waals surface area contributed by atoms with Gasteiger partial charge in [-0.15, -0.1) is 0 Å². The first-order valence-corrected chi connectivity index (χ1v) is 5.23. The lowest BCUT2D eigenvalue weighted by molar-refractivity contribution is -0.146. The van der Waals surface area contributed by atoms with Gasteiger partial charge in [-0.1, -0.05) is 6.07 Å². The van der Waals surface area contributed by atoms with Gasteiger partial charge in [0.25, 0.3) is 0 Å². The van der Waals surface area contributed by atoms with Crippen molar-refractivity contribution in [3.63, 3.8) is 0 Å². The Kier molecular flexibility index (Phi) is 2.66. The average molecular weight is 226 g/mol. The molecule has 86 valence electrons. The van der Waals surface area contributed by atoms with Gasteiger partial charge in [0, 0.05) is 0 Å². The van der Waals surface area contributed by atoms with Gasteiger partial charge in [-0.05, 0) is 37.5 Å². The molecule has 1 saturated carbocycles. The third-order valence-electron chi connectivity index (χ3n) is 2.89. The summed E-state index contributed by atoms with van der Waals surface area (Å²) in [6, 6.07) is 3.57. The van der Waals surface area contributed by atoms with Crippen LogP contribution < -0.4 is 0 Å². The van der Waals surface area contributed by atoms with Crippen molar-refractivity contribution in [1.82, 2.24) is 0 Å². The zero-order valence-electron chi connectivity index (χ0n) is 8.93. The lowest BCUT2D eigenvalue weighted by Crippen LogP contribution is -2.23. The lowest BCUT2D eigenvalue weighted by Gasteiger charge is -2.14. The van der Waals surface area contributed by atoms with Crippen molar-refractivity contribution in [2.75, 3.05) is 6.61 Å². The summed E-state index contributed by atoms with van der Waals surface area (Å²) in [6.45, 7) is 2.02. The molecule has 0 atom stereocenters. The van der Waals surface area contributed by atoms with Crippen molar-refractivity contribution in [3.05, 3.63) is 35.4 Å². The smallest absolute Gasteiger partial charge is 0.316 e. The Morgan fingerprint density at radius 1 is 1.38 bits per heavy atom. The minimum absolute atomic E-state index is 0.296. The largest absolute Gasteiger partial charge is 0.465 e. The van der Waals surface area contributed by atoms with Crippen LogP contribution in [0, 0.1) is 11.6 Å². The summed E-state index contributed by atoms with van der Waals surface area (Å²) in [6.07, 6.45) is 1.27. The molecule has 16 heavy (non-hydrogen) atoms. The normalized spacial score (nSPS) is 16.9. The number of hydrogen-bond acceptors (Lipinski definition) is 2. The molecule has 0 aliphatic heterocycles. The molecule has 1 aliphatic rings. The first kappa shape index (κ1) is 11.0. The number of esters is 1. The standard InChI is InChI=1S/C12H12F2O2/c1-2-16-11(15)12(5-6-12)8-3-4-9(13)10(14)7-8/h3-4,7H,2,5-6H2,1H3. The Bertz CT molecular complexity index is 425. The topological polar surface area (TPSA) is 26.3 Å². The van der Waals surface area contributed by atoms with Gasteiger partial charge in [-0.25, -0.2) is 8.78 Å². The van der Waals surface area contributed by atoms with Gasteiger partial charge in [-0.3, -0.25) is 4.79 Å². The van der Waals surface area contributed by atoms with Crippen LogP contribution in [0.25, 0.3) is 0 Å². The van der Waals surface area contributed by atoms with E-state index in [0.717, 1.165) is 12.1 Å². The van der Waals surface area contributed by atoms with Crippen molar-refractivity contribution >= 4 is 5.97 Å². The molecular formula is C12H12F2O2. The quantitative estimate of drug-likeness (QED) is 0.740. The summed E-state index contributed by atoms with van der Waals surface area (Å²) in [5, 5.41) is 0. The highest BCUT2D eigenvalue weighted by Crippen LogP contribution is 2.49. The number of halogens is 2. The van der Waals surface area contributed by atoms with E-state index in [9.17, 15) is 13.6 Å². The molecule has 0 bridgehead atoms. The molecular weight excluding hydrogens is 214 g/mol. The van der Waals surface area contributed by atoms with Crippen molar-refractivity contribution in [2.24, 2.45) is 0 Å². The Hall–Kier alpha value is -1.45. The van der Waals surface area contributed by atoms with Crippen molar-refractivity contribution in [3.8, 4) is 0 Å². The second-order valence-electron chi connectivity index (χ2n) is 3.93. The number of hydrogen-bond donors (Lipinski definition) is 0.